The predicted octanol–water partition coefficient (Wildman–Crippen LogP) is -0.257. The smallest absolute Gasteiger partial charge is 0.309 e. The van der Waals surface area contributed by atoms with Gasteiger partial charge in [-0.05, 0) is 0 Å². The average Bonchev–Trinajstić information content (AvgIpc) is 2.31. The molecule has 0 heterocycles. The van der Waals surface area contributed by atoms with Gasteiger partial charge in [-0.2, -0.15) is 0 Å². The number of esters is 2. The molecule has 0 spiro atoms. The first-order valence-corrected chi connectivity index (χ1v) is 4.65. The Morgan fingerprint density at radius 1 is 0.938 bits per heavy atom. The maximum absolute atomic E-state index is 11.3. The SMILES string of the molecule is COC(=O)C(CC=O)C(CC=O)C(=O)OC. The minimum Gasteiger partial charge on any atom is -0.469 e. The van der Waals surface area contributed by atoms with Crippen LogP contribution in [-0.2, 0) is 28.7 Å². The highest BCUT2D eigenvalue weighted by Crippen LogP contribution is 2.21. The van der Waals surface area contributed by atoms with E-state index in [9.17, 15) is 19.2 Å². The van der Waals surface area contributed by atoms with Gasteiger partial charge in [-0.1, -0.05) is 0 Å². The molecule has 2 unspecified atom stereocenters. The molecule has 0 aliphatic heterocycles. The third-order valence-electron chi connectivity index (χ3n) is 2.19. The van der Waals surface area contributed by atoms with Crippen molar-refractivity contribution in [2.45, 2.75) is 12.8 Å². The Labute approximate surface area is 92.9 Å². The second-order valence-electron chi connectivity index (χ2n) is 3.06. The monoisotopic (exact) mass is 230 g/mol. The van der Waals surface area contributed by atoms with Gasteiger partial charge in [0.1, 0.15) is 12.6 Å². The lowest BCUT2D eigenvalue weighted by molar-refractivity contribution is -0.158. The van der Waals surface area contributed by atoms with Crippen LogP contribution in [0.5, 0.6) is 0 Å². The summed E-state index contributed by atoms with van der Waals surface area (Å²) in [4.78, 5) is 43.5. The third kappa shape index (κ3) is 3.80. The zero-order chi connectivity index (χ0) is 12.6. The fourth-order valence-electron chi connectivity index (χ4n) is 1.36. The summed E-state index contributed by atoms with van der Waals surface area (Å²) in [5.41, 5.74) is 0. The van der Waals surface area contributed by atoms with E-state index in [0.29, 0.717) is 12.6 Å². The van der Waals surface area contributed by atoms with E-state index in [1.807, 2.05) is 0 Å². The molecule has 0 saturated carbocycles. The van der Waals surface area contributed by atoms with Gasteiger partial charge >= 0.3 is 11.9 Å². The molecular weight excluding hydrogens is 216 g/mol. The number of carbonyl (C=O) groups is 4. The molecule has 0 saturated heterocycles. The largest absolute Gasteiger partial charge is 0.469 e. The number of ether oxygens (including phenoxy) is 2. The summed E-state index contributed by atoms with van der Waals surface area (Å²) in [6, 6.07) is 0. The van der Waals surface area contributed by atoms with Crippen LogP contribution >= 0.6 is 0 Å². The quantitative estimate of drug-likeness (QED) is 0.442. The highest BCUT2D eigenvalue weighted by Gasteiger charge is 2.34. The van der Waals surface area contributed by atoms with Crippen LogP contribution in [0.15, 0.2) is 0 Å². The van der Waals surface area contributed by atoms with Gasteiger partial charge in [0.25, 0.3) is 0 Å². The third-order valence-corrected chi connectivity index (χ3v) is 2.19. The molecule has 6 heteroatoms. The van der Waals surface area contributed by atoms with Gasteiger partial charge in [-0.3, -0.25) is 9.59 Å². The summed E-state index contributed by atoms with van der Waals surface area (Å²) in [6.45, 7) is 0. The maximum atomic E-state index is 11.3. The lowest BCUT2D eigenvalue weighted by atomic mass is 9.87. The molecule has 0 aromatic carbocycles. The van der Waals surface area contributed by atoms with E-state index < -0.39 is 23.8 Å². The Morgan fingerprint density at radius 3 is 1.44 bits per heavy atom. The molecule has 0 aromatic heterocycles. The molecule has 0 fully saturated rings. The molecule has 0 aliphatic carbocycles. The highest BCUT2D eigenvalue weighted by atomic mass is 16.5. The first-order valence-electron chi connectivity index (χ1n) is 4.65. The summed E-state index contributed by atoms with van der Waals surface area (Å²) < 4.78 is 8.93. The zero-order valence-electron chi connectivity index (χ0n) is 9.17. The van der Waals surface area contributed by atoms with Crippen molar-refractivity contribution in [3.8, 4) is 0 Å². The first kappa shape index (κ1) is 14.3. The van der Waals surface area contributed by atoms with Gasteiger partial charge in [-0.15, -0.1) is 0 Å². The molecular formula is C10H14O6. The normalized spacial score (nSPS) is 13.4. The number of hydrogen-bond donors (Lipinski definition) is 0. The molecule has 6 nitrogen and oxygen atoms in total. The van der Waals surface area contributed by atoms with E-state index in [4.69, 9.17) is 0 Å². The van der Waals surface area contributed by atoms with Crippen LogP contribution in [-0.4, -0.2) is 38.7 Å². The van der Waals surface area contributed by atoms with E-state index in [1.165, 1.54) is 0 Å². The Hall–Kier alpha value is -1.72. The van der Waals surface area contributed by atoms with Gasteiger partial charge < -0.3 is 19.1 Å². The summed E-state index contributed by atoms with van der Waals surface area (Å²) in [7, 11) is 2.30. The number of methoxy groups -OCH3 is 2. The lowest BCUT2D eigenvalue weighted by Crippen LogP contribution is -2.32. The molecule has 0 aromatic rings. The van der Waals surface area contributed by atoms with E-state index in [0.717, 1.165) is 14.2 Å². The highest BCUT2D eigenvalue weighted by molar-refractivity contribution is 5.85. The lowest BCUT2D eigenvalue weighted by Gasteiger charge is -2.19. The molecule has 0 bridgehead atoms. The average molecular weight is 230 g/mol. The molecule has 0 rings (SSSR count). The zero-order valence-corrected chi connectivity index (χ0v) is 9.17. The van der Waals surface area contributed by atoms with Crippen molar-refractivity contribution in [3.63, 3.8) is 0 Å². The van der Waals surface area contributed by atoms with Crippen LogP contribution in [0, 0.1) is 11.8 Å². The fraction of sp³-hybridized carbons (Fsp3) is 0.600. The van der Waals surface area contributed by atoms with Crippen molar-refractivity contribution >= 4 is 24.5 Å². The molecule has 0 amide bonds. The molecule has 0 N–H and O–H groups in total. The van der Waals surface area contributed by atoms with Gasteiger partial charge in [0.15, 0.2) is 0 Å². The van der Waals surface area contributed by atoms with E-state index in [1.54, 1.807) is 0 Å². The number of rotatable bonds is 7. The number of aldehydes is 2. The second-order valence-corrected chi connectivity index (χ2v) is 3.06. The van der Waals surface area contributed by atoms with Crippen molar-refractivity contribution in [3.05, 3.63) is 0 Å². The van der Waals surface area contributed by atoms with Gasteiger partial charge in [-0.25, -0.2) is 0 Å². The van der Waals surface area contributed by atoms with Crippen molar-refractivity contribution in [2.24, 2.45) is 11.8 Å². The molecule has 90 valence electrons. The second kappa shape index (κ2) is 7.56. The molecule has 16 heavy (non-hydrogen) atoms. The van der Waals surface area contributed by atoms with Crippen LogP contribution < -0.4 is 0 Å². The molecule has 0 aliphatic rings. The van der Waals surface area contributed by atoms with E-state index >= 15 is 0 Å². The summed E-state index contributed by atoms with van der Waals surface area (Å²) >= 11 is 0. The van der Waals surface area contributed by atoms with E-state index in [2.05, 4.69) is 9.47 Å². The molecule has 2 atom stereocenters. The Balaban J connectivity index is 4.91. The van der Waals surface area contributed by atoms with Crippen LogP contribution in [0.1, 0.15) is 12.8 Å². The fourth-order valence-corrected chi connectivity index (χ4v) is 1.36. The minimum atomic E-state index is -0.972. The number of carbonyl (C=O) groups excluding carboxylic acids is 4. The van der Waals surface area contributed by atoms with Crippen LogP contribution in [0.4, 0.5) is 0 Å². The topological polar surface area (TPSA) is 86.7 Å². The van der Waals surface area contributed by atoms with Gasteiger partial charge in [0, 0.05) is 12.8 Å². The Bertz CT molecular complexity index is 244. The maximum Gasteiger partial charge on any atom is 0.309 e. The summed E-state index contributed by atoms with van der Waals surface area (Å²) in [5, 5.41) is 0. The minimum absolute atomic E-state index is 0.180. The van der Waals surface area contributed by atoms with Crippen LogP contribution in [0.2, 0.25) is 0 Å². The standard InChI is InChI=1S/C10H14O6/c1-15-9(13)7(3-5-11)8(4-6-12)10(14)16-2/h5-8H,3-4H2,1-2H3. The van der Waals surface area contributed by atoms with Crippen molar-refractivity contribution in [1.29, 1.82) is 0 Å². The summed E-state index contributed by atoms with van der Waals surface area (Å²) in [5.74, 6) is -3.35. The number of hydrogen-bond acceptors (Lipinski definition) is 6. The van der Waals surface area contributed by atoms with Gasteiger partial charge in [0.2, 0.25) is 0 Å². The van der Waals surface area contributed by atoms with Gasteiger partial charge in [0.05, 0.1) is 26.1 Å². The molecule has 0 radical (unpaired) electrons. The van der Waals surface area contributed by atoms with E-state index in [-0.39, 0.29) is 12.8 Å². The Kier molecular flexibility index (Phi) is 6.74. The van der Waals surface area contributed by atoms with Crippen LogP contribution in [0.25, 0.3) is 0 Å². The Morgan fingerprint density at radius 2 is 1.25 bits per heavy atom. The van der Waals surface area contributed by atoms with Crippen molar-refractivity contribution in [2.75, 3.05) is 14.2 Å². The first-order chi connectivity index (χ1) is 7.62. The van der Waals surface area contributed by atoms with Crippen molar-refractivity contribution in [1.82, 2.24) is 0 Å². The predicted molar refractivity (Wildman–Crippen MR) is 52.4 cm³/mol. The van der Waals surface area contributed by atoms with Crippen LogP contribution in [0.3, 0.4) is 0 Å². The van der Waals surface area contributed by atoms with Crippen molar-refractivity contribution < 1.29 is 28.7 Å². The summed E-state index contributed by atoms with van der Waals surface area (Å²) in [6.07, 6.45) is 0.644.